The van der Waals surface area contributed by atoms with Crippen molar-refractivity contribution in [1.82, 2.24) is 10.2 Å². The predicted octanol–water partition coefficient (Wildman–Crippen LogP) is 0.642. The number of likely N-dealkylation sites (tertiary alicyclic amines) is 1. The Balaban J connectivity index is 2.30. The molecule has 16 heavy (non-hydrogen) atoms. The normalized spacial score (nSPS) is 21.1. The lowest BCUT2D eigenvalue weighted by Crippen LogP contribution is -2.38. The number of alkyl carbamates (subject to hydrolysis) is 1. The van der Waals surface area contributed by atoms with Crippen LogP contribution < -0.4 is 5.32 Å². The van der Waals surface area contributed by atoms with Crippen molar-refractivity contribution in [2.45, 2.75) is 26.3 Å². The van der Waals surface area contributed by atoms with E-state index in [1.807, 2.05) is 13.8 Å². The fourth-order valence-corrected chi connectivity index (χ4v) is 1.72. The molecule has 1 amide bonds. The highest BCUT2D eigenvalue weighted by atomic mass is 16.5. The van der Waals surface area contributed by atoms with Crippen LogP contribution in [0.25, 0.3) is 0 Å². The summed E-state index contributed by atoms with van der Waals surface area (Å²) in [6, 6.07) is 0.104. The Morgan fingerprint density at radius 3 is 2.75 bits per heavy atom. The molecule has 1 atom stereocenters. The molecule has 0 aliphatic carbocycles. The van der Waals surface area contributed by atoms with Crippen molar-refractivity contribution >= 4 is 11.9 Å². The van der Waals surface area contributed by atoms with Crippen LogP contribution in [-0.2, 0) is 9.53 Å². The first-order chi connectivity index (χ1) is 7.52. The SMILES string of the molecule is COC(=O)NC1CCN(CC(=O)C(C)C)C1. The van der Waals surface area contributed by atoms with Gasteiger partial charge in [0.15, 0.2) is 0 Å². The van der Waals surface area contributed by atoms with Gasteiger partial charge in [0.25, 0.3) is 0 Å². The van der Waals surface area contributed by atoms with E-state index in [1.54, 1.807) is 0 Å². The average molecular weight is 228 g/mol. The first-order valence-corrected chi connectivity index (χ1v) is 5.62. The molecule has 0 aromatic rings. The minimum atomic E-state index is -0.401. The molecule has 1 N–H and O–H groups in total. The number of methoxy groups -OCH3 is 1. The van der Waals surface area contributed by atoms with E-state index in [-0.39, 0.29) is 17.7 Å². The number of ether oxygens (including phenoxy) is 1. The molecule has 0 spiro atoms. The van der Waals surface area contributed by atoms with Crippen molar-refractivity contribution in [3.8, 4) is 0 Å². The molecule has 1 heterocycles. The van der Waals surface area contributed by atoms with Gasteiger partial charge in [-0.15, -0.1) is 0 Å². The van der Waals surface area contributed by atoms with Crippen LogP contribution in [0.2, 0.25) is 0 Å². The maximum atomic E-state index is 11.5. The number of rotatable bonds is 4. The number of hydrogen-bond acceptors (Lipinski definition) is 4. The number of carbonyl (C=O) groups excluding carboxylic acids is 2. The first kappa shape index (κ1) is 13.0. The molecule has 5 heteroatoms. The van der Waals surface area contributed by atoms with E-state index in [0.29, 0.717) is 6.54 Å². The molecule has 0 bridgehead atoms. The van der Waals surface area contributed by atoms with Crippen molar-refractivity contribution in [3.63, 3.8) is 0 Å². The Bertz CT molecular complexity index is 266. The van der Waals surface area contributed by atoms with Crippen LogP contribution in [0.5, 0.6) is 0 Å². The molecule has 1 fully saturated rings. The lowest BCUT2D eigenvalue weighted by Gasteiger charge is -2.16. The maximum absolute atomic E-state index is 11.5. The molecular formula is C11H20N2O3. The zero-order valence-corrected chi connectivity index (χ0v) is 10.2. The second-order valence-corrected chi connectivity index (χ2v) is 4.48. The van der Waals surface area contributed by atoms with Gasteiger partial charge in [-0.25, -0.2) is 4.79 Å². The van der Waals surface area contributed by atoms with Crippen LogP contribution in [0.3, 0.4) is 0 Å². The number of hydrogen-bond donors (Lipinski definition) is 1. The van der Waals surface area contributed by atoms with Crippen molar-refractivity contribution in [3.05, 3.63) is 0 Å². The lowest BCUT2D eigenvalue weighted by atomic mass is 10.1. The zero-order chi connectivity index (χ0) is 12.1. The highest BCUT2D eigenvalue weighted by Crippen LogP contribution is 2.10. The van der Waals surface area contributed by atoms with Crippen LogP contribution in [-0.4, -0.2) is 49.6 Å². The summed E-state index contributed by atoms with van der Waals surface area (Å²) in [5.41, 5.74) is 0. The highest BCUT2D eigenvalue weighted by molar-refractivity contribution is 5.82. The number of nitrogens with one attached hydrogen (secondary N) is 1. The summed E-state index contributed by atoms with van der Waals surface area (Å²) in [5, 5.41) is 2.75. The third kappa shape index (κ3) is 3.81. The second-order valence-electron chi connectivity index (χ2n) is 4.48. The van der Waals surface area contributed by atoms with Gasteiger partial charge in [0, 0.05) is 25.0 Å². The van der Waals surface area contributed by atoms with Gasteiger partial charge >= 0.3 is 6.09 Å². The Kier molecular flexibility index (Phi) is 4.73. The van der Waals surface area contributed by atoms with Gasteiger partial charge in [-0.3, -0.25) is 9.69 Å². The Hall–Kier alpha value is -1.10. The Morgan fingerprint density at radius 2 is 2.19 bits per heavy atom. The van der Waals surface area contributed by atoms with Crippen LogP contribution in [0, 0.1) is 5.92 Å². The summed E-state index contributed by atoms with van der Waals surface area (Å²) >= 11 is 0. The van der Waals surface area contributed by atoms with E-state index in [4.69, 9.17) is 0 Å². The summed E-state index contributed by atoms with van der Waals surface area (Å²) in [7, 11) is 1.35. The van der Waals surface area contributed by atoms with Gasteiger partial charge in [0.1, 0.15) is 5.78 Å². The Labute approximate surface area is 96.1 Å². The predicted molar refractivity (Wildman–Crippen MR) is 60.2 cm³/mol. The largest absolute Gasteiger partial charge is 0.453 e. The Morgan fingerprint density at radius 1 is 1.50 bits per heavy atom. The van der Waals surface area contributed by atoms with Gasteiger partial charge in [-0.2, -0.15) is 0 Å². The van der Waals surface area contributed by atoms with Crippen LogP contribution >= 0.6 is 0 Å². The van der Waals surface area contributed by atoms with E-state index < -0.39 is 6.09 Å². The molecule has 1 unspecified atom stereocenters. The number of ketones is 1. The van der Waals surface area contributed by atoms with Gasteiger partial charge in [0.05, 0.1) is 13.7 Å². The fourth-order valence-electron chi connectivity index (χ4n) is 1.72. The summed E-state index contributed by atoms with van der Waals surface area (Å²) in [4.78, 5) is 24.6. The third-order valence-electron chi connectivity index (χ3n) is 2.80. The van der Waals surface area contributed by atoms with Gasteiger partial charge in [-0.05, 0) is 6.42 Å². The molecule has 0 radical (unpaired) electrons. The minimum absolute atomic E-state index is 0.0765. The molecule has 1 aliphatic heterocycles. The summed E-state index contributed by atoms with van der Waals surface area (Å²) < 4.78 is 4.53. The number of amides is 1. The fraction of sp³-hybridized carbons (Fsp3) is 0.818. The molecule has 5 nitrogen and oxygen atoms in total. The van der Waals surface area contributed by atoms with Gasteiger partial charge in [0.2, 0.25) is 0 Å². The van der Waals surface area contributed by atoms with Crippen LogP contribution in [0.1, 0.15) is 20.3 Å². The molecule has 0 aromatic carbocycles. The molecule has 0 saturated carbocycles. The topological polar surface area (TPSA) is 58.6 Å². The minimum Gasteiger partial charge on any atom is -0.453 e. The molecule has 1 rings (SSSR count). The van der Waals surface area contributed by atoms with E-state index in [0.717, 1.165) is 19.5 Å². The lowest BCUT2D eigenvalue weighted by molar-refractivity contribution is -0.122. The number of carbonyl (C=O) groups is 2. The van der Waals surface area contributed by atoms with Gasteiger partial charge in [-0.1, -0.05) is 13.8 Å². The molecule has 1 aliphatic rings. The maximum Gasteiger partial charge on any atom is 0.407 e. The monoisotopic (exact) mass is 228 g/mol. The van der Waals surface area contributed by atoms with E-state index in [2.05, 4.69) is 15.0 Å². The summed E-state index contributed by atoms with van der Waals surface area (Å²) in [5.74, 6) is 0.325. The number of Topliss-reactive ketones (excluding diaryl/α,β-unsaturated/α-hetero) is 1. The van der Waals surface area contributed by atoms with Crippen molar-refractivity contribution in [1.29, 1.82) is 0 Å². The third-order valence-corrected chi connectivity index (χ3v) is 2.80. The summed E-state index contributed by atoms with van der Waals surface area (Å²) in [6.45, 7) is 5.88. The first-order valence-electron chi connectivity index (χ1n) is 5.62. The standard InChI is InChI=1S/C11H20N2O3/c1-8(2)10(14)7-13-5-4-9(6-13)12-11(15)16-3/h8-9H,4-7H2,1-3H3,(H,12,15). The quantitative estimate of drug-likeness (QED) is 0.767. The van der Waals surface area contributed by atoms with Crippen molar-refractivity contribution < 1.29 is 14.3 Å². The molecular weight excluding hydrogens is 208 g/mol. The van der Waals surface area contributed by atoms with E-state index in [9.17, 15) is 9.59 Å². The second kappa shape index (κ2) is 5.84. The van der Waals surface area contributed by atoms with Crippen molar-refractivity contribution in [2.24, 2.45) is 5.92 Å². The van der Waals surface area contributed by atoms with E-state index in [1.165, 1.54) is 7.11 Å². The summed E-state index contributed by atoms with van der Waals surface area (Å²) in [6.07, 6.45) is 0.475. The smallest absolute Gasteiger partial charge is 0.407 e. The van der Waals surface area contributed by atoms with E-state index >= 15 is 0 Å². The van der Waals surface area contributed by atoms with Gasteiger partial charge < -0.3 is 10.1 Å². The average Bonchev–Trinajstić information content (AvgIpc) is 2.65. The molecule has 0 aromatic heterocycles. The zero-order valence-electron chi connectivity index (χ0n) is 10.2. The highest BCUT2D eigenvalue weighted by Gasteiger charge is 2.25. The number of nitrogens with zero attached hydrogens (tertiary/aromatic N) is 1. The molecule has 92 valence electrons. The molecule has 1 saturated heterocycles. The van der Waals surface area contributed by atoms with Crippen molar-refractivity contribution in [2.75, 3.05) is 26.7 Å². The van der Waals surface area contributed by atoms with Crippen LogP contribution in [0.4, 0.5) is 4.79 Å². The van der Waals surface area contributed by atoms with Crippen LogP contribution in [0.15, 0.2) is 0 Å².